The van der Waals surface area contributed by atoms with Gasteiger partial charge in [-0.15, -0.1) is 11.3 Å². The standard InChI is InChI=1S/C18H22F3N3OS/c1-11-3-4-12(2)24(11)17-23-15(10-26-17)9-16(25)22-14-7-5-13(6-8-14)18(19,20)21/h3-4,10,13-14H,5-9H2,1-2H3,(H,22,25). The molecule has 2 aromatic heterocycles. The fraction of sp³-hybridized carbons (Fsp3) is 0.556. The zero-order valence-corrected chi connectivity index (χ0v) is 15.6. The molecule has 1 N–H and O–H groups in total. The summed E-state index contributed by atoms with van der Waals surface area (Å²) in [7, 11) is 0. The molecule has 0 atom stereocenters. The highest BCUT2D eigenvalue weighted by molar-refractivity contribution is 7.12. The highest BCUT2D eigenvalue weighted by Gasteiger charge is 2.41. The molecular formula is C18H22F3N3OS. The maximum atomic E-state index is 12.7. The first kappa shape index (κ1) is 18.9. The summed E-state index contributed by atoms with van der Waals surface area (Å²) in [4.78, 5) is 16.7. The van der Waals surface area contributed by atoms with Gasteiger partial charge >= 0.3 is 6.18 Å². The second kappa shape index (κ2) is 7.42. The fourth-order valence-corrected chi connectivity index (χ4v) is 4.40. The molecule has 142 valence electrons. The molecule has 26 heavy (non-hydrogen) atoms. The maximum Gasteiger partial charge on any atom is 0.391 e. The Balaban J connectivity index is 1.54. The van der Waals surface area contributed by atoms with Crippen molar-refractivity contribution >= 4 is 17.2 Å². The third-order valence-electron chi connectivity index (χ3n) is 4.90. The van der Waals surface area contributed by atoms with Crippen LogP contribution in [0.25, 0.3) is 5.13 Å². The third-order valence-corrected chi connectivity index (χ3v) is 5.77. The van der Waals surface area contributed by atoms with E-state index in [0.717, 1.165) is 16.5 Å². The van der Waals surface area contributed by atoms with Crippen LogP contribution in [0.2, 0.25) is 0 Å². The fourth-order valence-electron chi connectivity index (χ4n) is 3.46. The zero-order chi connectivity index (χ0) is 18.9. The number of carbonyl (C=O) groups excluding carboxylic acids is 1. The number of thiazole rings is 1. The minimum atomic E-state index is -4.12. The molecule has 0 unspecified atom stereocenters. The lowest BCUT2D eigenvalue weighted by molar-refractivity contribution is -0.182. The number of nitrogens with zero attached hydrogens (tertiary/aromatic N) is 2. The summed E-state index contributed by atoms with van der Waals surface area (Å²) < 4.78 is 40.1. The first-order chi connectivity index (χ1) is 12.2. The summed E-state index contributed by atoms with van der Waals surface area (Å²) in [6.07, 6.45) is -3.06. The van der Waals surface area contributed by atoms with Crippen LogP contribution in [0.1, 0.15) is 42.8 Å². The van der Waals surface area contributed by atoms with E-state index in [2.05, 4.69) is 10.3 Å². The molecule has 0 spiro atoms. The van der Waals surface area contributed by atoms with Crippen molar-refractivity contribution in [3.8, 4) is 5.13 Å². The van der Waals surface area contributed by atoms with Crippen LogP contribution < -0.4 is 5.32 Å². The molecular weight excluding hydrogens is 363 g/mol. The van der Waals surface area contributed by atoms with Crippen molar-refractivity contribution in [1.82, 2.24) is 14.9 Å². The lowest BCUT2D eigenvalue weighted by Crippen LogP contribution is -2.40. The number of amides is 1. The van der Waals surface area contributed by atoms with Crippen molar-refractivity contribution in [3.63, 3.8) is 0 Å². The Bertz CT molecular complexity index is 753. The minimum absolute atomic E-state index is 0.0848. The maximum absolute atomic E-state index is 12.7. The molecule has 0 saturated heterocycles. The van der Waals surface area contributed by atoms with Crippen molar-refractivity contribution < 1.29 is 18.0 Å². The molecule has 0 radical (unpaired) electrons. The van der Waals surface area contributed by atoms with Gasteiger partial charge in [0, 0.05) is 22.8 Å². The molecule has 8 heteroatoms. The lowest BCUT2D eigenvalue weighted by atomic mass is 9.85. The molecule has 1 aliphatic carbocycles. The van der Waals surface area contributed by atoms with Gasteiger partial charge in [-0.2, -0.15) is 13.2 Å². The topological polar surface area (TPSA) is 46.9 Å². The number of nitrogens with one attached hydrogen (secondary N) is 1. The molecule has 0 bridgehead atoms. The lowest BCUT2D eigenvalue weighted by Gasteiger charge is -2.30. The summed E-state index contributed by atoms with van der Waals surface area (Å²) in [5.74, 6) is -1.41. The van der Waals surface area contributed by atoms with Crippen LogP contribution in [0.4, 0.5) is 13.2 Å². The molecule has 1 fully saturated rings. The predicted molar refractivity (Wildman–Crippen MR) is 94.6 cm³/mol. The molecule has 1 aliphatic rings. The number of rotatable bonds is 4. The van der Waals surface area contributed by atoms with E-state index in [-0.39, 0.29) is 31.2 Å². The summed E-state index contributed by atoms with van der Waals surface area (Å²) in [5, 5.41) is 5.53. The van der Waals surface area contributed by atoms with Crippen molar-refractivity contribution in [2.75, 3.05) is 0 Å². The zero-order valence-electron chi connectivity index (χ0n) is 14.8. The van der Waals surface area contributed by atoms with Crippen LogP contribution in [0, 0.1) is 19.8 Å². The van der Waals surface area contributed by atoms with Gasteiger partial charge < -0.3 is 5.32 Å². The first-order valence-corrected chi connectivity index (χ1v) is 9.58. The third kappa shape index (κ3) is 4.28. The van der Waals surface area contributed by atoms with Gasteiger partial charge in [-0.1, -0.05) is 0 Å². The molecule has 2 heterocycles. The Morgan fingerprint density at radius 1 is 1.23 bits per heavy atom. The molecule has 2 aromatic rings. The highest BCUT2D eigenvalue weighted by Crippen LogP contribution is 2.37. The number of halogens is 3. The van der Waals surface area contributed by atoms with E-state index in [1.165, 1.54) is 11.3 Å². The Kier molecular flexibility index (Phi) is 5.41. The van der Waals surface area contributed by atoms with Gasteiger partial charge in [0.05, 0.1) is 18.0 Å². The Morgan fingerprint density at radius 3 is 2.42 bits per heavy atom. The highest BCUT2D eigenvalue weighted by atomic mass is 32.1. The molecule has 0 aromatic carbocycles. The van der Waals surface area contributed by atoms with Crippen molar-refractivity contribution in [2.24, 2.45) is 5.92 Å². The van der Waals surface area contributed by atoms with Crippen LogP contribution in [-0.2, 0) is 11.2 Å². The van der Waals surface area contributed by atoms with Gasteiger partial charge in [0.15, 0.2) is 5.13 Å². The van der Waals surface area contributed by atoms with Gasteiger partial charge in [0.2, 0.25) is 5.91 Å². The second-order valence-corrected chi connectivity index (χ2v) is 7.74. The summed E-state index contributed by atoms with van der Waals surface area (Å²) >= 11 is 1.47. The minimum Gasteiger partial charge on any atom is -0.353 e. The van der Waals surface area contributed by atoms with Gasteiger partial charge in [0.1, 0.15) is 0 Å². The van der Waals surface area contributed by atoms with E-state index >= 15 is 0 Å². The van der Waals surface area contributed by atoms with E-state index in [1.807, 2.05) is 35.9 Å². The molecule has 1 amide bonds. The smallest absolute Gasteiger partial charge is 0.353 e. The van der Waals surface area contributed by atoms with Crippen LogP contribution in [0.5, 0.6) is 0 Å². The average molecular weight is 385 g/mol. The number of carbonyl (C=O) groups is 1. The van der Waals surface area contributed by atoms with Crippen molar-refractivity contribution in [1.29, 1.82) is 0 Å². The van der Waals surface area contributed by atoms with Crippen LogP contribution in [-0.4, -0.2) is 27.7 Å². The SMILES string of the molecule is Cc1ccc(C)n1-c1nc(CC(=O)NC2CCC(C(F)(F)F)CC2)cs1. The largest absolute Gasteiger partial charge is 0.391 e. The number of alkyl halides is 3. The Morgan fingerprint density at radius 2 is 1.85 bits per heavy atom. The molecule has 3 rings (SSSR count). The van der Waals surface area contributed by atoms with Crippen molar-refractivity contribution in [2.45, 2.75) is 58.2 Å². The first-order valence-electron chi connectivity index (χ1n) is 8.70. The quantitative estimate of drug-likeness (QED) is 0.852. The normalized spacial score (nSPS) is 21.0. The van der Waals surface area contributed by atoms with Gasteiger partial charge in [-0.05, 0) is 51.7 Å². The number of aryl methyl sites for hydroxylation is 2. The monoisotopic (exact) mass is 385 g/mol. The summed E-state index contributed by atoms with van der Waals surface area (Å²) in [6, 6.07) is 3.86. The Hall–Kier alpha value is -1.83. The van der Waals surface area contributed by atoms with E-state index < -0.39 is 12.1 Å². The number of aromatic nitrogens is 2. The molecule has 1 saturated carbocycles. The number of hydrogen-bond donors (Lipinski definition) is 1. The molecule has 0 aliphatic heterocycles. The van der Waals surface area contributed by atoms with E-state index in [1.54, 1.807) is 0 Å². The van der Waals surface area contributed by atoms with E-state index in [4.69, 9.17) is 0 Å². The van der Waals surface area contributed by atoms with E-state index in [0.29, 0.717) is 18.5 Å². The predicted octanol–water partition coefficient (Wildman–Crippen LogP) is 4.33. The van der Waals surface area contributed by atoms with Gasteiger partial charge in [0.25, 0.3) is 0 Å². The van der Waals surface area contributed by atoms with Crippen LogP contribution in [0.3, 0.4) is 0 Å². The number of hydrogen-bond acceptors (Lipinski definition) is 3. The van der Waals surface area contributed by atoms with Gasteiger partial charge in [-0.25, -0.2) is 4.98 Å². The second-order valence-electron chi connectivity index (χ2n) is 6.91. The Labute approximate surface area is 154 Å². The summed E-state index contributed by atoms with van der Waals surface area (Å²) in [5.41, 5.74) is 2.84. The van der Waals surface area contributed by atoms with Crippen LogP contribution >= 0.6 is 11.3 Å². The van der Waals surface area contributed by atoms with Crippen LogP contribution in [0.15, 0.2) is 17.5 Å². The summed E-state index contributed by atoms with van der Waals surface area (Å²) in [6.45, 7) is 4.00. The van der Waals surface area contributed by atoms with Gasteiger partial charge in [-0.3, -0.25) is 9.36 Å². The average Bonchev–Trinajstić information content (AvgIpc) is 3.13. The molecule has 4 nitrogen and oxygen atoms in total. The van der Waals surface area contributed by atoms with E-state index in [9.17, 15) is 18.0 Å². The van der Waals surface area contributed by atoms with Crippen molar-refractivity contribution in [3.05, 3.63) is 34.6 Å².